The highest BCUT2D eigenvalue weighted by Crippen LogP contribution is 2.43. The van der Waals surface area contributed by atoms with E-state index in [2.05, 4.69) is 23.1 Å². The molecule has 0 amide bonds. The van der Waals surface area contributed by atoms with E-state index >= 15 is 0 Å². The molecule has 0 heterocycles. The van der Waals surface area contributed by atoms with Crippen LogP contribution in [-0.2, 0) is 18.7 Å². The van der Waals surface area contributed by atoms with Crippen molar-refractivity contribution in [2.75, 3.05) is 13.2 Å². The molecule has 1 atom stereocenters. The van der Waals surface area contributed by atoms with Gasteiger partial charge in [-0.1, -0.05) is 64.0 Å². The maximum atomic E-state index is 11.4. The van der Waals surface area contributed by atoms with Gasteiger partial charge in [-0.05, 0) is 13.3 Å². The first-order chi connectivity index (χ1) is 9.48. The Labute approximate surface area is 122 Å². The summed E-state index contributed by atoms with van der Waals surface area (Å²) in [4.78, 5) is 13.8. The lowest BCUT2D eigenvalue weighted by Crippen LogP contribution is -2.00. The van der Waals surface area contributed by atoms with Gasteiger partial charge in [-0.2, -0.15) is 0 Å². The zero-order valence-electron chi connectivity index (χ0n) is 12.8. The second-order valence-corrected chi connectivity index (χ2v) is 6.41. The number of unbranched alkanes of at least 4 members (excludes halogenated alkanes) is 7. The Balaban J connectivity index is 3.39. The average Bonchev–Trinajstić information content (AvgIpc) is 2.36. The molecule has 0 aliphatic carbocycles. The predicted octanol–water partition coefficient (Wildman–Crippen LogP) is 4.77. The summed E-state index contributed by atoms with van der Waals surface area (Å²) in [6.45, 7) is 7.79. The average molecular weight is 308 g/mol. The van der Waals surface area contributed by atoms with E-state index in [4.69, 9.17) is 4.52 Å². The monoisotopic (exact) mass is 308 g/mol. The number of phosphoric acid groups is 1. The van der Waals surface area contributed by atoms with Crippen molar-refractivity contribution in [3.05, 3.63) is 12.2 Å². The third-order valence-corrected chi connectivity index (χ3v) is 3.51. The minimum absolute atomic E-state index is 0.0751. The Morgan fingerprint density at radius 2 is 1.65 bits per heavy atom. The fraction of sp³-hybridized carbons (Fsp3) is 0.857. The van der Waals surface area contributed by atoms with Gasteiger partial charge in [0.25, 0.3) is 0 Å². The molecule has 0 aliphatic rings. The van der Waals surface area contributed by atoms with E-state index in [1.54, 1.807) is 6.92 Å². The van der Waals surface area contributed by atoms with E-state index < -0.39 is 7.82 Å². The Morgan fingerprint density at radius 3 is 2.20 bits per heavy atom. The van der Waals surface area contributed by atoms with Crippen LogP contribution >= 0.6 is 7.82 Å². The SMILES string of the molecule is C=C(C)COOP(=O)(O)OCCCCCCCCCC. The smallest absolute Gasteiger partial charge is 0.301 e. The van der Waals surface area contributed by atoms with Crippen molar-refractivity contribution in [3.63, 3.8) is 0 Å². The van der Waals surface area contributed by atoms with E-state index in [0.717, 1.165) is 19.3 Å². The highest BCUT2D eigenvalue weighted by Gasteiger charge is 2.22. The van der Waals surface area contributed by atoms with Crippen molar-refractivity contribution >= 4 is 7.82 Å². The highest BCUT2D eigenvalue weighted by atomic mass is 31.2. The van der Waals surface area contributed by atoms with Gasteiger partial charge in [-0.25, -0.2) is 9.45 Å². The summed E-state index contributed by atoms with van der Waals surface area (Å²) < 4.78 is 20.5. The molecular weight excluding hydrogens is 279 g/mol. The van der Waals surface area contributed by atoms with Crippen molar-refractivity contribution in [2.45, 2.75) is 65.2 Å². The van der Waals surface area contributed by atoms with Crippen LogP contribution in [0.4, 0.5) is 0 Å². The number of rotatable bonds is 14. The van der Waals surface area contributed by atoms with E-state index in [-0.39, 0.29) is 13.2 Å². The normalized spacial score (nSPS) is 14.2. The van der Waals surface area contributed by atoms with Gasteiger partial charge in [0.1, 0.15) is 6.61 Å². The molecule has 0 spiro atoms. The highest BCUT2D eigenvalue weighted by molar-refractivity contribution is 7.47. The standard InChI is InChI=1S/C14H29O5P/c1-4-5-6-7-8-9-10-11-12-18-20(15,16)19-17-13-14(2)3/h2,4-13H2,1,3H3,(H,15,16). The zero-order valence-corrected chi connectivity index (χ0v) is 13.7. The molecule has 0 aromatic rings. The number of hydrogen-bond donors (Lipinski definition) is 1. The quantitative estimate of drug-likeness (QED) is 0.165. The molecule has 0 saturated heterocycles. The van der Waals surface area contributed by atoms with E-state index in [9.17, 15) is 9.46 Å². The lowest BCUT2D eigenvalue weighted by molar-refractivity contribution is -0.216. The van der Waals surface area contributed by atoms with Gasteiger partial charge in [-0.3, -0.25) is 4.52 Å². The van der Waals surface area contributed by atoms with Crippen LogP contribution in [0, 0.1) is 0 Å². The Hall–Kier alpha value is -0.190. The van der Waals surface area contributed by atoms with Crippen molar-refractivity contribution in [1.29, 1.82) is 0 Å². The van der Waals surface area contributed by atoms with Crippen LogP contribution in [0.15, 0.2) is 12.2 Å². The van der Waals surface area contributed by atoms with Gasteiger partial charge in [-0.15, -0.1) is 4.67 Å². The van der Waals surface area contributed by atoms with Gasteiger partial charge in [0.2, 0.25) is 0 Å². The number of hydrogen-bond acceptors (Lipinski definition) is 4. The van der Waals surface area contributed by atoms with Gasteiger partial charge in [0.15, 0.2) is 0 Å². The van der Waals surface area contributed by atoms with Gasteiger partial charge < -0.3 is 4.89 Å². The molecule has 1 unspecified atom stereocenters. The molecule has 0 saturated carbocycles. The summed E-state index contributed by atoms with van der Waals surface area (Å²) in [5, 5.41) is 0. The molecule has 5 nitrogen and oxygen atoms in total. The summed E-state index contributed by atoms with van der Waals surface area (Å²) in [6.07, 6.45) is 9.23. The summed E-state index contributed by atoms with van der Waals surface area (Å²) >= 11 is 0. The van der Waals surface area contributed by atoms with Gasteiger partial charge in [0.05, 0.1) is 6.61 Å². The topological polar surface area (TPSA) is 65.0 Å². The molecular formula is C14H29O5P. The molecule has 0 radical (unpaired) electrons. The van der Waals surface area contributed by atoms with Crippen LogP contribution < -0.4 is 0 Å². The molecule has 0 aromatic heterocycles. The van der Waals surface area contributed by atoms with Crippen LogP contribution in [0.5, 0.6) is 0 Å². The summed E-state index contributed by atoms with van der Waals surface area (Å²) in [6, 6.07) is 0. The third kappa shape index (κ3) is 14.2. The third-order valence-electron chi connectivity index (χ3n) is 2.70. The molecule has 0 fully saturated rings. The van der Waals surface area contributed by atoms with Crippen molar-refractivity contribution in [3.8, 4) is 0 Å². The minimum atomic E-state index is -4.08. The molecule has 0 bridgehead atoms. The van der Waals surface area contributed by atoms with Crippen molar-refractivity contribution in [2.24, 2.45) is 0 Å². The first-order valence-electron chi connectivity index (χ1n) is 7.41. The van der Waals surface area contributed by atoms with Crippen LogP contribution in [-0.4, -0.2) is 18.1 Å². The first-order valence-corrected chi connectivity index (χ1v) is 8.90. The second kappa shape index (κ2) is 12.5. The number of phosphoric ester groups is 1. The maximum absolute atomic E-state index is 11.4. The summed E-state index contributed by atoms with van der Waals surface area (Å²) in [5.74, 6) is 0. The molecule has 0 rings (SSSR count). The Morgan fingerprint density at radius 1 is 1.10 bits per heavy atom. The molecule has 120 valence electrons. The molecule has 0 aromatic carbocycles. The lowest BCUT2D eigenvalue weighted by Gasteiger charge is -2.10. The Kier molecular flexibility index (Phi) is 12.4. The van der Waals surface area contributed by atoms with E-state index in [1.165, 1.54) is 32.1 Å². The molecule has 1 N–H and O–H groups in total. The lowest BCUT2D eigenvalue weighted by atomic mass is 10.1. The van der Waals surface area contributed by atoms with Crippen LogP contribution in [0.25, 0.3) is 0 Å². The van der Waals surface area contributed by atoms with Crippen LogP contribution in [0.2, 0.25) is 0 Å². The summed E-state index contributed by atoms with van der Waals surface area (Å²) in [5.41, 5.74) is 0.702. The van der Waals surface area contributed by atoms with E-state index in [0.29, 0.717) is 5.57 Å². The molecule has 6 heteroatoms. The second-order valence-electron chi connectivity index (χ2n) is 5.07. The first kappa shape index (κ1) is 19.8. The minimum Gasteiger partial charge on any atom is -0.301 e. The fourth-order valence-electron chi connectivity index (χ4n) is 1.63. The van der Waals surface area contributed by atoms with Gasteiger partial charge in [0, 0.05) is 0 Å². The fourth-order valence-corrected chi connectivity index (χ4v) is 2.22. The molecule has 0 aliphatic heterocycles. The molecule has 20 heavy (non-hydrogen) atoms. The predicted molar refractivity (Wildman–Crippen MR) is 80.2 cm³/mol. The van der Waals surface area contributed by atoms with Crippen molar-refractivity contribution < 1.29 is 23.5 Å². The zero-order chi connectivity index (χ0) is 15.3. The Bertz CT molecular complexity index is 293. The van der Waals surface area contributed by atoms with Gasteiger partial charge >= 0.3 is 7.82 Å². The largest absolute Gasteiger partial charge is 0.499 e. The van der Waals surface area contributed by atoms with E-state index in [1.807, 2.05) is 0 Å². The van der Waals surface area contributed by atoms with Crippen molar-refractivity contribution in [1.82, 2.24) is 0 Å². The summed E-state index contributed by atoms with van der Waals surface area (Å²) in [7, 11) is -4.08. The van der Waals surface area contributed by atoms with Crippen LogP contribution in [0.3, 0.4) is 0 Å². The van der Waals surface area contributed by atoms with Crippen LogP contribution in [0.1, 0.15) is 65.2 Å². The maximum Gasteiger partial charge on any atom is 0.499 e.